The van der Waals surface area contributed by atoms with Crippen molar-refractivity contribution in [1.29, 1.82) is 0 Å². The third-order valence-corrected chi connectivity index (χ3v) is 6.60. The SMILES string of the molecule is CCCNC(=O)c1c(NC(=O)c2nn(C)c3ccc(F)cc3c2=O)sc2c1CCCC2. The Kier molecular flexibility index (Phi) is 5.86. The monoisotopic (exact) mass is 442 g/mol. The second-order valence-electron chi connectivity index (χ2n) is 7.59. The minimum absolute atomic E-state index is 0.0778. The number of benzene rings is 1. The average molecular weight is 443 g/mol. The van der Waals surface area contributed by atoms with Gasteiger partial charge in [-0.1, -0.05) is 6.92 Å². The Morgan fingerprint density at radius 1 is 1.23 bits per heavy atom. The van der Waals surface area contributed by atoms with Crippen molar-refractivity contribution in [3.8, 4) is 0 Å². The summed E-state index contributed by atoms with van der Waals surface area (Å²) in [7, 11) is 1.59. The fourth-order valence-electron chi connectivity index (χ4n) is 3.88. The number of rotatable bonds is 5. The molecule has 162 valence electrons. The average Bonchev–Trinajstić information content (AvgIpc) is 3.12. The Labute approximate surface area is 182 Å². The first kappa shape index (κ1) is 21.2. The van der Waals surface area contributed by atoms with Crippen LogP contribution in [0.3, 0.4) is 0 Å². The molecule has 0 radical (unpaired) electrons. The van der Waals surface area contributed by atoms with Gasteiger partial charge in [0.1, 0.15) is 10.8 Å². The number of fused-ring (bicyclic) bond motifs is 2. The largest absolute Gasteiger partial charge is 0.352 e. The van der Waals surface area contributed by atoms with E-state index in [1.807, 2.05) is 6.92 Å². The molecule has 4 rings (SSSR count). The van der Waals surface area contributed by atoms with Crippen LogP contribution < -0.4 is 16.1 Å². The summed E-state index contributed by atoms with van der Waals surface area (Å²) in [6.07, 6.45) is 4.47. The van der Waals surface area contributed by atoms with Crippen molar-refractivity contribution < 1.29 is 14.0 Å². The van der Waals surface area contributed by atoms with Crippen LogP contribution in [-0.4, -0.2) is 28.1 Å². The van der Waals surface area contributed by atoms with Crippen LogP contribution in [0.15, 0.2) is 23.0 Å². The predicted molar refractivity (Wildman–Crippen MR) is 118 cm³/mol. The lowest BCUT2D eigenvalue weighted by Gasteiger charge is -2.13. The fraction of sp³-hybridized carbons (Fsp3) is 0.364. The molecule has 0 saturated heterocycles. The van der Waals surface area contributed by atoms with Crippen molar-refractivity contribution in [2.75, 3.05) is 11.9 Å². The predicted octanol–water partition coefficient (Wildman–Crippen LogP) is 3.41. The lowest BCUT2D eigenvalue weighted by atomic mass is 9.95. The van der Waals surface area contributed by atoms with Crippen LogP contribution in [0.5, 0.6) is 0 Å². The summed E-state index contributed by atoms with van der Waals surface area (Å²) >= 11 is 1.37. The number of thiophene rings is 1. The number of halogens is 1. The summed E-state index contributed by atoms with van der Waals surface area (Å²) < 4.78 is 15.1. The van der Waals surface area contributed by atoms with Crippen LogP contribution in [0.1, 0.15) is 57.5 Å². The second-order valence-corrected chi connectivity index (χ2v) is 8.69. The Balaban J connectivity index is 1.74. The molecule has 0 spiro atoms. The van der Waals surface area contributed by atoms with Gasteiger partial charge in [0.25, 0.3) is 11.8 Å². The number of aromatic nitrogens is 2. The highest BCUT2D eigenvalue weighted by Gasteiger charge is 2.27. The van der Waals surface area contributed by atoms with Crippen molar-refractivity contribution in [1.82, 2.24) is 15.1 Å². The molecule has 0 fully saturated rings. The molecular formula is C22H23FN4O3S. The molecule has 1 aliphatic rings. The van der Waals surface area contributed by atoms with E-state index in [1.165, 1.54) is 28.2 Å². The maximum Gasteiger partial charge on any atom is 0.280 e. The molecule has 3 aromatic rings. The van der Waals surface area contributed by atoms with Crippen LogP contribution >= 0.6 is 11.3 Å². The molecule has 2 aromatic heterocycles. The minimum atomic E-state index is -0.713. The molecule has 0 unspecified atom stereocenters. The molecule has 31 heavy (non-hydrogen) atoms. The molecule has 9 heteroatoms. The van der Waals surface area contributed by atoms with Gasteiger partial charge in [-0.25, -0.2) is 4.39 Å². The number of hydrogen-bond donors (Lipinski definition) is 2. The van der Waals surface area contributed by atoms with Crippen molar-refractivity contribution in [3.63, 3.8) is 0 Å². The first-order valence-corrected chi connectivity index (χ1v) is 11.1. The Hall–Kier alpha value is -3.07. The molecule has 0 bridgehead atoms. The first-order chi connectivity index (χ1) is 14.9. The van der Waals surface area contributed by atoms with Gasteiger partial charge in [-0.05, 0) is 55.9 Å². The standard InChI is InChI=1S/C22H23FN4O3S/c1-3-10-24-20(29)17-13-6-4-5-7-16(13)31-22(17)25-21(30)18-19(28)14-11-12(23)8-9-15(14)27(2)26-18/h8-9,11H,3-7,10H2,1-2H3,(H,24,29)(H,25,30). The molecular weight excluding hydrogens is 419 g/mol. The van der Waals surface area contributed by atoms with E-state index in [9.17, 15) is 18.8 Å². The van der Waals surface area contributed by atoms with E-state index < -0.39 is 17.2 Å². The number of nitrogens with zero attached hydrogens (tertiary/aromatic N) is 2. The molecule has 2 N–H and O–H groups in total. The van der Waals surface area contributed by atoms with E-state index >= 15 is 0 Å². The third-order valence-electron chi connectivity index (χ3n) is 5.39. The van der Waals surface area contributed by atoms with Gasteiger partial charge >= 0.3 is 0 Å². The molecule has 0 saturated carbocycles. The number of amides is 2. The van der Waals surface area contributed by atoms with E-state index in [-0.39, 0.29) is 17.0 Å². The molecule has 2 amide bonds. The minimum Gasteiger partial charge on any atom is -0.352 e. The van der Waals surface area contributed by atoms with Crippen LogP contribution in [-0.2, 0) is 19.9 Å². The number of aryl methyl sites for hydroxylation is 2. The van der Waals surface area contributed by atoms with Crippen LogP contribution in [0.4, 0.5) is 9.39 Å². The van der Waals surface area contributed by atoms with Gasteiger partial charge in [0.05, 0.1) is 16.5 Å². The quantitative estimate of drug-likeness (QED) is 0.633. The highest BCUT2D eigenvalue weighted by Crippen LogP contribution is 2.38. The summed E-state index contributed by atoms with van der Waals surface area (Å²) in [5.41, 5.74) is 0.885. The summed E-state index contributed by atoms with van der Waals surface area (Å²) in [5, 5.41) is 10.2. The Morgan fingerprint density at radius 2 is 2.00 bits per heavy atom. The van der Waals surface area contributed by atoms with Crippen LogP contribution in [0.25, 0.3) is 10.9 Å². The third kappa shape index (κ3) is 3.97. The summed E-state index contributed by atoms with van der Waals surface area (Å²) in [6, 6.07) is 3.79. The van der Waals surface area contributed by atoms with Gasteiger partial charge < -0.3 is 10.6 Å². The van der Waals surface area contributed by atoms with Gasteiger partial charge in [-0.15, -0.1) is 11.3 Å². The molecule has 1 aliphatic carbocycles. The normalized spacial score (nSPS) is 13.1. The first-order valence-electron chi connectivity index (χ1n) is 10.3. The van der Waals surface area contributed by atoms with Gasteiger partial charge in [0.15, 0.2) is 5.69 Å². The van der Waals surface area contributed by atoms with Gasteiger partial charge in [-0.2, -0.15) is 5.10 Å². The number of nitrogens with one attached hydrogen (secondary N) is 2. The number of hydrogen-bond acceptors (Lipinski definition) is 5. The molecule has 0 atom stereocenters. The summed E-state index contributed by atoms with van der Waals surface area (Å²) in [4.78, 5) is 39.8. The zero-order valence-corrected chi connectivity index (χ0v) is 18.2. The van der Waals surface area contributed by atoms with E-state index in [2.05, 4.69) is 15.7 Å². The van der Waals surface area contributed by atoms with Crippen molar-refractivity contribution in [3.05, 3.63) is 55.9 Å². The van der Waals surface area contributed by atoms with Crippen molar-refractivity contribution >= 4 is 39.1 Å². The highest BCUT2D eigenvalue weighted by molar-refractivity contribution is 7.17. The number of carbonyl (C=O) groups is 2. The van der Waals surface area contributed by atoms with E-state index in [0.29, 0.717) is 22.6 Å². The van der Waals surface area contributed by atoms with Crippen LogP contribution in [0.2, 0.25) is 0 Å². The van der Waals surface area contributed by atoms with Gasteiger partial charge in [0, 0.05) is 18.5 Å². The zero-order chi connectivity index (χ0) is 22.1. The highest BCUT2D eigenvalue weighted by atomic mass is 32.1. The number of anilines is 1. The van der Waals surface area contributed by atoms with Crippen molar-refractivity contribution in [2.24, 2.45) is 7.05 Å². The topological polar surface area (TPSA) is 93.1 Å². The lowest BCUT2D eigenvalue weighted by molar-refractivity contribution is 0.0954. The van der Waals surface area contributed by atoms with Crippen LogP contribution in [0, 0.1) is 5.82 Å². The molecule has 0 aliphatic heterocycles. The maximum absolute atomic E-state index is 13.7. The molecule has 2 heterocycles. The second kappa shape index (κ2) is 8.58. The van der Waals surface area contributed by atoms with Gasteiger partial charge in [-0.3, -0.25) is 19.1 Å². The zero-order valence-electron chi connectivity index (χ0n) is 17.4. The van der Waals surface area contributed by atoms with E-state index in [4.69, 9.17) is 0 Å². The smallest absolute Gasteiger partial charge is 0.280 e. The van der Waals surface area contributed by atoms with E-state index in [1.54, 1.807) is 7.05 Å². The van der Waals surface area contributed by atoms with E-state index in [0.717, 1.165) is 48.6 Å². The molecule has 1 aromatic carbocycles. The fourth-order valence-corrected chi connectivity index (χ4v) is 5.16. The maximum atomic E-state index is 13.7. The Bertz CT molecular complexity index is 1250. The summed E-state index contributed by atoms with van der Waals surface area (Å²) in [6.45, 7) is 2.51. The lowest BCUT2D eigenvalue weighted by Crippen LogP contribution is -2.29. The Morgan fingerprint density at radius 3 is 2.77 bits per heavy atom. The van der Waals surface area contributed by atoms with Crippen molar-refractivity contribution in [2.45, 2.75) is 39.0 Å². The molecule has 7 nitrogen and oxygen atoms in total. The summed E-state index contributed by atoms with van der Waals surface area (Å²) in [5.74, 6) is -1.50. The number of carbonyl (C=O) groups excluding carboxylic acids is 2. The van der Waals surface area contributed by atoms with Gasteiger partial charge in [0.2, 0.25) is 5.43 Å².